The summed E-state index contributed by atoms with van der Waals surface area (Å²) in [6.07, 6.45) is 0. The lowest BCUT2D eigenvalue weighted by Gasteiger charge is -2.03. The van der Waals surface area contributed by atoms with Crippen LogP contribution in [-0.2, 0) is 0 Å². The molecule has 0 radical (unpaired) electrons. The van der Waals surface area contributed by atoms with E-state index in [0.717, 1.165) is 11.4 Å². The average Bonchev–Trinajstić information content (AvgIpc) is 2.33. The van der Waals surface area contributed by atoms with E-state index in [0.29, 0.717) is 11.4 Å². The topological polar surface area (TPSA) is 81.8 Å². The van der Waals surface area contributed by atoms with Crippen LogP contribution in [0.5, 0.6) is 0 Å². The summed E-state index contributed by atoms with van der Waals surface area (Å²) >= 11 is 5.74. The van der Waals surface area contributed by atoms with Gasteiger partial charge in [-0.05, 0) is 26.0 Å². The molecule has 0 aliphatic heterocycles. The Kier molecular flexibility index (Phi) is 3.20. The zero-order valence-corrected chi connectivity index (χ0v) is 10.5. The number of hydrogen-bond donors (Lipinski definition) is 0. The summed E-state index contributed by atoms with van der Waals surface area (Å²) in [5.74, 6) is 0.345. The summed E-state index contributed by atoms with van der Waals surface area (Å²) in [5, 5.41) is 18.7. The van der Waals surface area contributed by atoms with Crippen molar-refractivity contribution < 1.29 is 4.92 Å². The highest BCUT2D eigenvalue weighted by molar-refractivity contribution is 6.32. The van der Waals surface area contributed by atoms with Crippen molar-refractivity contribution in [3.8, 4) is 11.4 Å². The van der Waals surface area contributed by atoms with Crippen molar-refractivity contribution in [2.75, 3.05) is 0 Å². The first kappa shape index (κ1) is 12.4. The first-order chi connectivity index (χ1) is 8.49. The number of halogens is 1. The van der Waals surface area contributed by atoms with E-state index < -0.39 is 4.92 Å². The molecule has 0 aliphatic carbocycles. The molecule has 2 aromatic rings. The fraction of sp³-hybridized carbons (Fsp3) is 0.182. The van der Waals surface area contributed by atoms with Crippen LogP contribution in [-0.4, -0.2) is 20.1 Å². The highest BCUT2D eigenvalue weighted by Crippen LogP contribution is 2.28. The van der Waals surface area contributed by atoms with Crippen LogP contribution in [0.25, 0.3) is 11.4 Å². The number of benzene rings is 1. The van der Waals surface area contributed by atoms with Gasteiger partial charge in [0.1, 0.15) is 5.02 Å². The van der Waals surface area contributed by atoms with E-state index in [1.165, 1.54) is 12.1 Å². The number of nitro groups is 1. The third-order valence-corrected chi connectivity index (χ3v) is 2.81. The molecule has 2 rings (SSSR count). The molecule has 0 atom stereocenters. The fourth-order valence-electron chi connectivity index (χ4n) is 1.37. The molecule has 0 bridgehead atoms. The molecule has 0 spiro atoms. The van der Waals surface area contributed by atoms with Gasteiger partial charge in [0.15, 0.2) is 5.82 Å². The Morgan fingerprint density at radius 3 is 2.56 bits per heavy atom. The Labute approximate surface area is 108 Å². The van der Waals surface area contributed by atoms with Gasteiger partial charge in [0.2, 0.25) is 0 Å². The van der Waals surface area contributed by atoms with Gasteiger partial charge >= 0.3 is 0 Å². The second-order valence-corrected chi connectivity index (χ2v) is 4.14. The van der Waals surface area contributed by atoms with E-state index in [-0.39, 0.29) is 10.7 Å². The van der Waals surface area contributed by atoms with Gasteiger partial charge < -0.3 is 0 Å². The Hall–Kier alpha value is -2.08. The van der Waals surface area contributed by atoms with Crippen LogP contribution in [0, 0.1) is 24.0 Å². The second kappa shape index (κ2) is 4.66. The Bertz CT molecular complexity index is 630. The quantitative estimate of drug-likeness (QED) is 0.615. The molecule has 18 heavy (non-hydrogen) atoms. The summed E-state index contributed by atoms with van der Waals surface area (Å²) in [4.78, 5) is 14.5. The number of aryl methyl sites for hydroxylation is 2. The fourth-order valence-corrected chi connectivity index (χ4v) is 1.56. The van der Waals surface area contributed by atoms with E-state index >= 15 is 0 Å². The molecule has 0 saturated carbocycles. The van der Waals surface area contributed by atoms with Crippen molar-refractivity contribution in [2.24, 2.45) is 0 Å². The molecule has 7 heteroatoms. The van der Waals surface area contributed by atoms with Crippen LogP contribution in [0.1, 0.15) is 11.4 Å². The molecule has 0 saturated heterocycles. The molecule has 0 N–H and O–H groups in total. The minimum absolute atomic E-state index is 0.0838. The van der Waals surface area contributed by atoms with Crippen LogP contribution in [0.3, 0.4) is 0 Å². The molecule has 0 amide bonds. The third kappa shape index (κ3) is 2.28. The molecular weight excluding hydrogens is 256 g/mol. The lowest BCUT2D eigenvalue weighted by molar-refractivity contribution is -0.384. The number of aromatic nitrogens is 3. The summed E-state index contributed by atoms with van der Waals surface area (Å²) in [7, 11) is 0. The molecule has 92 valence electrons. The van der Waals surface area contributed by atoms with Crippen LogP contribution in [0.15, 0.2) is 18.2 Å². The predicted octanol–water partition coefficient (Wildman–Crippen LogP) is 2.72. The van der Waals surface area contributed by atoms with Gasteiger partial charge in [0.25, 0.3) is 5.69 Å². The standard InChI is InChI=1S/C11H9ClN4O2/c1-6-7(2)14-15-11(13-6)8-3-4-9(12)10(5-8)16(17)18/h3-5H,1-2H3. The minimum Gasteiger partial charge on any atom is -0.258 e. The van der Waals surface area contributed by atoms with Gasteiger partial charge in [-0.1, -0.05) is 11.6 Å². The number of nitrogens with zero attached hydrogens (tertiary/aromatic N) is 4. The Morgan fingerprint density at radius 2 is 1.94 bits per heavy atom. The minimum atomic E-state index is -0.541. The summed E-state index contributed by atoms with van der Waals surface area (Å²) < 4.78 is 0. The van der Waals surface area contributed by atoms with Crippen molar-refractivity contribution >= 4 is 17.3 Å². The summed E-state index contributed by atoms with van der Waals surface area (Å²) in [5.41, 5.74) is 1.80. The molecule has 0 fully saturated rings. The smallest absolute Gasteiger partial charge is 0.258 e. The van der Waals surface area contributed by atoms with E-state index in [9.17, 15) is 10.1 Å². The summed E-state index contributed by atoms with van der Waals surface area (Å²) in [6.45, 7) is 3.60. The highest BCUT2D eigenvalue weighted by Gasteiger charge is 2.15. The SMILES string of the molecule is Cc1nnc(-c2ccc(Cl)c([N+](=O)[O-])c2)nc1C. The van der Waals surface area contributed by atoms with Gasteiger partial charge in [-0.25, -0.2) is 4.98 Å². The molecule has 0 aliphatic rings. The van der Waals surface area contributed by atoms with Crippen LogP contribution in [0.2, 0.25) is 5.02 Å². The van der Waals surface area contributed by atoms with Gasteiger partial charge in [0, 0.05) is 11.6 Å². The van der Waals surface area contributed by atoms with Crippen molar-refractivity contribution in [1.82, 2.24) is 15.2 Å². The Morgan fingerprint density at radius 1 is 1.22 bits per heavy atom. The maximum atomic E-state index is 10.8. The maximum absolute atomic E-state index is 10.8. The molecule has 0 unspecified atom stereocenters. The predicted molar refractivity (Wildman–Crippen MR) is 66.4 cm³/mol. The van der Waals surface area contributed by atoms with Crippen molar-refractivity contribution in [3.05, 3.63) is 44.7 Å². The van der Waals surface area contributed by atoms with Crippen molar-refractivity contribution in [1.29, 1.82) is 0 Å². The second-order valence-electron chi connectivity index (χ2n) is 3.73. The van der Waals surface area contributed by atoms with E-state index in [1.807, 2.05) is 0 Å². The lowest BCUT2D eigenvalue weighted by atomic mass is 10.2. The monoisotopic (exact) mass is 264 g/mol. The number of nitro benzene ring substituents is 1. The van der Waals surface area contributed by atoms with Crippen LogP contribution < -0.4 is 0 Å². The average molecular weight is 265 g/mol. The zero-order valence-electron chi connectivity index (χ0n) is 9.72. The van der Waals surface area contributed by atoms with Gasteiger partial charge in [-0.3, -0.25) is 10.1 Å². The van der Waals surface area contributed by atoms with Gasteiger partial charge in [-0.2, -0.15) is 5.10 Å². The largest absolute Gasteiger partial charge is 0.288 e. The number of hydrogen-bond acceptors (Lipinski definition) is 5. The van der Waals surface area contributed by atoms with E-state index in [4.69, 9.17) is 11.6 Å². The normalized spacial score (nSPS) is 10.4. The first-order valence-corrected chi connectivity index (χ1v) is 5.49. The molecule has 1 aromatic heterocycles. The van der Waals surface area contributed by atoms with E-state index in [2.05, 4.69) is 15.2 Å². The van der Waals surface area contributed by atoms with E-state index in [1.54, 1.807) is 19.9 Å². The summed E-state index contributed by atoms with van der Waals surface area (Å²) in [6, 6.07) is 4.42. The highest BCUT2D eigenvalue weighted by atomic mass is 35.5. The maximum Gasteiger partial charge on any atom is 0.288 e. The van der Waals surface area contributed by atoms with Gasteiger partial charge in [-0.15, -0.1) is 5.10 Å². The van der Waals surface area contributed by atoms with Crippen molar-refractivity contribution in [3.63, 3.8) is 0 Å². The number of rotatable bonds is 2. The van der Waals surface area contributed by atoms with Crippen molar-refractivity contribution in [2.45, 2.75) is 13.8 Å². The van der Waals surface area contributed by atoms with Crippen LogP contribution in [0.4, 0.5) is 5.69 Å². The van der Waals surface area contributed by atoms with Gasteiger partial charge in [0.05, 0.1) is 16.3 Å². The molecule has 6 nitrogen and oxygen atoms in total. The van der Waals surface area contributed by atoms with Crippen LogP contribution >= 0.6 is 11.6 Å². The first-order valence-electron chi connectivity index (χ1n) is 5.11. The molecular formula is C11H9ClN4O2. The molecule has 1 heterocycles. The lowest BCUT2D eigenvalue weighted by Crippen LogP contribution is -1.99. The third-order valence-electron chi connectivity index (χ3n) is 2.49. The Balaban J connectivity index is 2.54. The molecule has 1 aromatic carbocycles. The zero-order chi connectivity index (χ0) is 13.3.